The van der Waals surface area contributed by atoms with Crippen molar-refractivity contribution in [2.24, 2.45) is 5.92 Å². The van der Waals surface area contributed by atoms with Crippen LogP contribution in [-0.4, -0.2) is 25.0 Å². The highest BCUT2D eigenvalue weighted by molar-refractivity contribution is 5.23. The van der Waals surface area contributed by atoms with E-state index in [1.807, 2.05) is 19.0 Å². The van der Waals surface area contributed by atoms with Crippen LogP contribution in [0.1, 0.15) is 26.2 Å². The Balaban J connectivity index is 2.68. The molecule has 0 saturated heterocycles. The van der Waals surface area contributed by atoms with Gasteiger partial charge in [-0.25, -0.2) is 0 Å². The van der Waals surface area contributed by atoms with E-state index in [2.05, 4.69) is 25.6 Å². The fourth-order valence-corrected chi connectivity index (χ4v) is 2.08. The Morgan fingerprint density at radius 1 is 1.67 bits per heavy atom. The van der Waals surface area contributed by atoms with E-state index in [1.165, 1.54) is 11.1 Å². The first-order chi connectivity index (χ1) is 7.06. The van der Waals surface area contributed by atoms with Gasteiger partial charge in [-0.1, -0.05) is 18.2 Å². The second-order valence-electron chi connectivity index (χ2n) is 4.59. The summed E-state index contributed by atoms with van der Waals surface area (Å²) in [5, 5.41) is 9.07. The number of likely N-dealkylation sites (N-methyl/N-ethyl adjacent to an activating group) is 1. The largest absolute Gasteiger partial charge is 0.291 e. The molecule has 1 aliphatic carbocycles. The van der Waals surface area contributed by atoms with Crippen LogP contribution in [0.3, 0.4) is 0 Å². The maximum Gasteiger partial charge on any atom is 0.119 e. The summed E-state index contributed by atoms with van der Waals surface area (Å²) < 4.78 is 0. The molecule has 82 valence electrons. The Hall–Kier alpha value is -1.07. The summed E-state index contributed by atoms with van der Waals surface area (Å²) in [6, 6.07) is 2.31. The Morgan fingerprint density at radius 2 is 2.33 bits per heavy atom. The minimum absolute atomic E-state index is 0.0453. The minimum atomic E-state index is -0.0453. The lowest BCUT2D eigenvalue weighted by Crippen LogP contribution is -2.29. The van der Waals surface area contributed by atoms with E-state index in [0.29, 0.717) is 5.92 Å². The third kappa shape index (κ3) is 2.94. The van der Waals surface area contributed by atoms with Gasteiger partial charge in [0, 0.05) is 0 Å². The van der Waals surface area contributed by atoms with E-state index in [-0.39, 0.29) is 6.04 Å². The van der Waals surface area contributed by atoms with Gasteiger partial charge >= 0.3 is 0 Å². The van der Waals surface area contributed by atoms with Crippen LogP contribution in [0, 0.1) is 17.2 Å². The van der Waals surface area contributed by atoms with Crippen LogP contribution in [-0.2, 0) is 0 Å². The molecule has 0 amide bonds. The summed E-state index contributed by atoms with van der Waals surface area (Å²) in [5.41, 5.74) is 2.55. The zero-order valence-electron chi connectivity index (χ0n) is 9.95. The van der Waals surface area contributed by atoms with Crippen molar-refractivity contribution < 1.29 is 0 Å². The number of allylic oxidation sites excluding steroid dienone is 2. The number of hydrogen-bond donors (Lipinski definition) is 0. The van der Waals surface area contributed by atoms with Gasteiger partial charge in [0.1, 0.15) is 6.04 Å². The molecule has 0 fully saturated rings. The van der Waals surface area contributed by atoms with Crippen LogP contribution in [0.5, 0.6) is 0 Å². The molecule has 0 aliphatic heterocycles. The topological polar surface area (TPSA) is 27.0 Å². The van der Waals surface area contributed by atoms with Gasteiger partial charge in [-0.05, 0) is 51.8 Å². The molecule has 2 heteroatoms. The molecular weight excluding hydrogens is 184 g/mol. The van der Waals surface area contributed by atoms with Crippen LogP contribution in [0.4, 0.5) is 0 Å². The van der Waals surface area contributed by atoms with Gasteiger partial charge < -0.3 is 0 Å². The SMILES string of the molecule is C=C(C)C1CC=C(C(C#N)N(C)C)CC1. The Kier molecular flexibility index (Phi) is 4.11. The number of nitriles is 1. The third-order valence-electron chi connectivity index (χ3n) is 3.13. The van der Waals surface area contributed by atoms with Crippen molar-refractivity contribution in [3.8, 4) is 6.07 Å². The lowest BCUT2D eigenvalue weighted by Gasteiger charge is -2.27. The molecule has 0 saturated carbocycles. The van der Waals surface area contributed by atoms with E-state index in [0.717, 1.165) is 19.3 Å². The van der Waals surface area contributed by atoms with Gasteiger partial charge in [0.25, 0.3) is 0 Å². The number of rotatable bonds is 3. The number of hydrogen-bond acceptors (Lipinski definition) is 2. The van der Waals surface area contributed by atoms with Crippen LogP contribution in [0.15, 0.2) is 23.8 Å². The second-order valence-corrected chi connectivity index (χ2v) is 4.59. The molecule has 0 spiro atoms. The monoisotopic (exact) mass is 204 g/mol. The molecule has 2 unspecified atom stereocenters. The van der Waals surface area contributed by atoms with Gasteiger partial charge in [-0.3, -0.25) is 4.90 Å². The highest BCUT2D eigenvalue weighted by atomic mass is 15.1. The molecule has 0 radical (unpaired) electrons. The first-order valence-electron chi connectivity index (χ1n) is 5.46. The van der Waals surface area contributed by atoms with Gasteiger partial charge in [0.2, 0.25) is 0 Å². The molecule has 0 aromatic rings. The summed E-state index contributed by atoms with van der Waals surface area (Å²) in [5.74, 6) is 0.621. The normalized spacial score (nSPS) is 23.1. The quantitative estimate of drug-likeness (QED) is 0.661. The van der Waals surface area contributed by atoms with Gasteiger partial charge in [-0.2, -0.15) is 5.26 Å². The van der Waals surface area contributed by atoms with E-state index >= 15 is 0 Å². The second kappa shape index (κ2) is 5.14. The highest BCUT2D eigenvalue weighted by Crippen LogP contribution is 2.30. The van der Waals surface area contributed by atoms with Gasteiger partial charge in [0.05, 0.1) is 6.07 Å². The van der Waals surface area contributed by atoms with Crippen LogP contribution in [0.2, 0.25) is 0 Å². The van der Waals surface area contributed by atoms with Gasteiger partial charge in [0.15, 0.2) is 0 Å². The predicted molar refractivity (Wildman–Crippen MR) is 63.3 cm³/mol. The molecule has 1 rings (SSSR count). The van der Waals surface area contributed by atoms with Crippen LogP contribution in [0.25, 0.3) is 0 Å². The molecule has 2 nitrogen and oxygen atoms in total. The molecule has 15 heavy (non-hydrogen) atoms. The molecule has 0 aromatic carbocycles. The van der Waals surface area contributed by atoms with Crippen molar-refractivity contribution in [3.63, 3.8) is 0 Å². The van der Waals surface area contributed by atoms with E-state index in [9.17, 15) is 0 Å². The molecule has 0 heterocycles. The zero-order chi connectivity index (χ0) is 11.4. The maximum absolute atomic E-state index is 9.07. The molecule has 0 aromatic heterocycles. The van der Waals surface area contributed by atoms with Crippen molar-refractivity contribution in [1.82, 2.24) is 4.90 Å². The Bertz CT molecular complexity index is 307. The summed E-state index contributed by atoms with van der Waals surface area (Å²) in [7, 11) is 3.92. The molecule has 0 bridgehead atoms. The Morgan fingerprint density at radius 3 is 2.67 bits per heavy atom. The predicted octanol–water partition coefficient (Wildman–Crippen LogP) is 2.74. The van der Waals surface area contributed by atoms with E-state index in [1.54, 1.807) is 0 Å². The fraction of sp³-hybridized carbons (Fsp3) is 0.615. The standard InChI is InChI=1S/C13H20N2/c1-10(2)11-5-7-12(8-6-11)13(9-14)15(3)4/h7,11,13H,1,5-6,8H2,2-4H3. The zero-order valence-corrected chi connectivity index (χ0v) is 9.95. The average Bonchev–Trinajstić information content (AvgIpc) is 2.19. The molecular formula is C13H20N2. The smallest absolute Gasteiger partial charge is 0.119 e. The first-order valence-corrected chi connectivity index (χ1v) is 5.46. The summed E-state index contributed by atoms with van der Waals surface area (Å²) in [4.78, 5) is 1.98. The summed E-state index contributed by atoms with van der Waals surface area (Å²) in [6.45, 7) is 6.09. The average molecular weight is 204 g/mol. The maximum atomic E-state index is 9.07. The fourth-order valence-electron chi connectivity index (χ4n) is 2.08. The Labute approximate surface area is 92.9 Å². The first kappa shape index (κ1) is 12.0. The van der Waals surface area contributed by atoms with E-state index in [4.69, 9.17) is 5.26 Å². The molecule has 1 aliphatic rings. The van der Waals surface area contributed by atoms with Crippen molar-refractivity contribution in [2.75, 3.05) is 14.1 Å². The lowest BCUT2D eigenvalue weighted by molar-refractivity contribution is 0.366. The van der Waals surface area contributed by atoms with Crippen LogP contribution < -0.4 is 0 Å². The van der Waals surface area contributed by atoms with Crippen molar-refractivity contribution in [2.45, 2.75) is 32.2 Å². The van der Waals surface area contributed by atoms with Crippen molar-refractivity contribution in [3.05, 3.63) is 23.8 Å². The third-order valence-corrected chi connectivity index (χ3v) is 3.13. The highest BCUT2D eigenvalue weighted by Gasteiger charge is 2.21. The van der Waals surface area contributed by atoms with Crippen LogP contribution >= 0.6 is 0 Å². The van der Waals surface area contributed by atoms with Crippen molar-refractivity contribution >= 4 is 0 Å². The summed E-state index contributed by atoms with van der Waals surface area (Å²) >= 11 is 0. The van der Waals surface area contributed by atoms with Gasteiger partial charge in [-0.15, -0.1) is 0 Å². The van der Waals surface area contributed by atoms with Crippen molar-refractivity contribution in [1.29, 1.82) is 5.26 Å². The molecule has 0 N–H and O–H groups in total. The lowest BCUT2D eigenvalue weighted by atomic mass is 9.83. The molecule has 2 atom stereocenters. The minimum Gasteiger partial charge on any atom is -0.291 e. The van der Waals surface area contributed by atoms with E-state index < -0.39 is 0 Å². The summed E-state index contributed by atoms with van der Waals surface area (Å²) in [6.07, 6.45) is 5.47. The number of nitrogens with zero attached hydrogens (tertiary/aromatic N) is 2.